The fourth-order valence-electron chi connectivity index (χ4n) is 3.72. The van der Waals surface area contributed by atoms with E-state index in [2.05, 4.69) is 9.97 Å². The van der Waals surface area contributed by atoms with Crippen molar-refractivity contribution in [2.24, 2.45) is 0 Å². The van der Waals surface area contributed by atoms with E-state index in [1.165, 1.54) is 4.90 Å². The zero-order chi connectivity index (χ0) is 22.5. The van der Waals surface area contributed by atoms with Gasteiger partial charge in [0.2, 0.25) is 0 Å². The van der Waals surface area contributed by atoms with Crippen molar-refractivity contribution in [2.45, 2.75) is 25.9 Å². The van der Waals surface area contributed by atoms with E-state index < -0.39 is 17.7 Å². The Morgan fingerprint density at radius 1 is 1.06 bits per heavy atom. The van der Waals surface area contributed by atoms with Crippen LogP contribution >= 0.6 is 0 Å². The Balaban J connectivity index is 1.80. The third kappa shape index (κ3) is 4.23. The first-order valence-electron chi connectivity index (χ1n) is 10.4. The van der Waals surface area contributed by atoms with Crippen LogP contribution in [0, 0.1) is 0 Å². The Hall–Kier alpha value is -4.00. The van der Waals surface area contributed by atoms with Gasteiger partial charge in [-0.3, -0.25) is 19.6 Å². The van der Waals surface area contributed by atoms with E-state index >= 15 is 0 Å². The largest absolute Gasteiger partial charge is 0.507 e. The number of likely N-dealkylation sites (tertiary alicyclic amines) is 1. The molecule has 1 amide bonds. The molecule has 0 radical (unpaired) electrons. The quantitative estimate of drug-likeness (QED) is 0.348. The highest BCUT2D eigenvalue weighted by molar-refractivity contribution is 6.46. The zero-order valence-corrected chi connectivity index (χ0v) is 17.6. The number of benzene rings is 1. The normalized spacial score (nSPS) is 17.5. The van der Waals surface area contributed by atoms with Crippen LogP contribution in [0.5, 0.6) is 5.75 Å². The number of aliphatic hydroxyl groups is 1. The number of carbonyl (C=O) groups excluding carboxylic acids is 2. The summed E-state index contributed by atoms with van der Waals surface area (Å²) in [6.07, 6.45) is 7.33. The number of ether oxygens (including phenoxy) is 1. The van der Waals surface area contributed by atoms with Crippen molar-refractivity contribution in [2.75, 3.05) is 6.61 Å². The lowest BCUT2D eigenvalue weighted by atomic mass is 9.96. The second-order valence-corrected chi connectivity index (χ2v) is 7.45. The number of aromatic nitrogens is 2. The molecule has 0 spiro atoms. The average Bonchev–Trinajstić information content (AvgIpc) is 3.08. The van der Waals surface area contributed by atoms with Gasteiger partial charge in [-0.25, -0.2) is 0 Å². The summed E-state index contributed by atoms with van der Waals surface area (Å²) < 4.78 is 5.66. The molecule has 0 saturated carbocycles. The monoisotopic (exact) mass is 429 g/mol. The van der Waals surface area contributed by atoms with Gasteiger partial charge in [-0.15, -0.1) is 0 Å². The minimum Gasteiger partial charge on any atom is -0.507 e. The van der Waals surface area contributed by atoms with Crippen LogP contribution in [0.2, 0.25) is 0 Å². The molecule has 7 heteroatoms. The lowest BCUT2D eigenvalue weighted by molar-refractivity contribution is -0.140. The van der Waals surface area contributed by atoms with Gasteiger partial charge in [0.15, 0.2) is 0 Å². The molecule has 1 fully saturated rings. The Labute approximate surface area is 186 Å². The van der Waals surface area contributed by atoms with Gasteiger partial charge in [0, 0.05) is 36.9 Å². The van der Waals surface area contributed by atoms with Gasteiger partial charge >= 0.3 is 0 Å². The number of Topliss-reactive ketones (excluding diaryl/α,β-unsaturated/α-hetero) is 1. The van der Waals surface area contributed by atoms with Gasteiger partial charge < -0.3 is 14.7 Å². The van der Waals surface area contributed by atoms with Crippen molar-refractivity contribution in [3.05, 3.63) is 95.6 Å². The van der Waals surface area contributed by atoms with Crippen LogP contribution in [0.15, 0.2) is 78.9 Å². The van der Waals surface area contributed by atoms with Gasteiger partial charge in [0.25, 0.3) is 11.7 Å². The second-order valence-electron chi connectivity index (χ2n) is 7.45. The summed E-state index contributed by atoms with van der Waals surface area (Å²) in [6, 6.07) is 13.2. The number of pyridine rings is 2. The van der Waals surface area contributed by atoms with Gasteiger partial charge in [-0.05, 0) is 47.9 Å². The first-order chi connectivity index (χ1) is 15.6. The van der Waals surface area contributed by atoms with E-state index in [0.717, 1.165) is 12.0 Å². The molecule has 1 aliphatic rings. The summed E-state index contributed by atoms with van der Waals surface area (Å²) in [6.45, 7) is 2.74. The lowest BCUT2D eigenvalue weighted by Gasteiger charge is -2.25. The molecule has 1 atom stereocenters. The van der Waals surface area contributed by atoms with Gasteiger partial charge in [-0.1, -0.05) is 25.1 Å². The summed E-state index contributed by atoms with van der Waals surface area (Å²) >= 11 is 0. The number of nitrogens with zero attached hydrogens (tertiary/aromatic N) is 3. The predicted octanol–water partition coefficient (Wildman–Crippen LogP) is 3.89. The number of hydrogen-bond acceptors (Lipinski definition) is 6. The van der Waals surface area contributed by atoms with E-state index in [-0.39, 0.29) is 17.9 Å². The molecule has 1 aromatic carbocycles. The molecule has 7 nitrogen and oxygen atoms in total. The van der Waals surface area contributed by atoms with Gasteiger partial charge in [-0.2, -0.15) is 0 Å². The lowest BCUT2D eigenvalue weighted by Crippen LogP contribution is -2.29. The molecular weight excluding hydrogens is 406 g/mol. The molecule has 162 valence electrons. The van der Waals surface area contributed by atoms with E-state index in [9.17, 15) is 14.7 Å². The summed E-state index contributed by atoms with van der Waals surface area (Å²) in [5, 5.41) is 11.2. The standard InChI is InChI=1S/C25H23N3O4/c1-2-13-32-20-7-3-5-18(14-20)23(29)21-22(19-6-4-10-27-15-19)28(25(31)24(21)30)16-17-8-11-26-12-9-17/h3-12,14-15,22,29H,2,13,16H2,1H3. The van der Waals surface area contributed by atoms with Crippen molar-refractivity contribution < 1.29 is 19.4 Å². The van der Waals surface area contributed by atoms with Crippen LogP contribution < -0.4 is 4.74 Å². The highest BCUT2D eigenvalue weighted by atomic mass is 16.5. The van der Waals surface area contributed by atoms with Crippen LogP contribution in [-0.4, -0.2) is 38.3 Å². The Bertz CT molecular complexity index is 1150. The molecule has 2 aromatic heterocycles. The second kappa shape index (κ2) is 9.43. The number of rotatable bonds is 7. The third-order valence-corrected chi connectivity index (χ3v) is 5.22. The highest BCUT2D eigenvalue weighted by Crippen LogP contribution is 2.40. The van der Waals surface area contributed by atoms with Crippen molar-refractivity contribution in [1.82, 2.24) is 14.9 Å². The number of carbonyl (C=O) groups is 2. The number of hydrogen-bond donors (Lipinski definition) is 1. The highest BCUT2D eigenvalue weighted by Gasteiger charge is 2.46. The molecular formula is C25H23N3O4. The topological polar surface area (TPSA) is 92.6 Å². The first kappa shape index (κ1) is 21.2. The van der Waals surface area contributed by atoms with Crippen LogP contribution in [0.3, 0.4) is 0 Å². The van der Waals surface area contributed by atoms with E-state index in [4.69, 9.17) is 4.74 Å². The van der Waals surface area contributed by atoms with E-state index in [1.807, 2.05) is 6.92 Å². The minimum atomic E-state index is -0.767. The van der Waals surface area contributed by atoms with E-state index in [0.29, 0.717) is 23.5 Å². The number of ketones is 1. The number of aliphatic hydroxyl groups excluding tert-OH is 1. The zero-order valence-electron chi connectivity index (χ0n) is 17.6. The summed E-state index contributed by atoms with van der Waals surface area (Å²) in [5.74, 6) is -1.06. The first-order valence-corrected chi connectivity index (χ1v) is 10.4. The Morgan fingerprint density at radius 3 is 2.59 bits per heavy atom. The third-order valence-electron chi connectivity index (χ3n) is 5.22. The molecule has 4 rings (SSSR count). The molecule has 0 aliphatic carbocycles. The van der Waals surface area contributed by atoms with Crippen molar-refractivity contribution in [3.8, 4) is 5.75 Å². The summed E-state index contributed by atoms with van der Waals surface area (Å²) in [7, 11) is 0. The maximum absolute atomic E-state index is 13.1. The summed E-state index contributed by atoms with van der Waals surface area (Å²) in [5.41, 5.74) is 1.91. The molecule has 3 heterocycles. The molecule has 1 aliphatic heterocycles. The average molecular weight is 429 g/mol. The SMILES string of the molecule is CCCOc1cccc(C(O)=C2C(=O)C(=O)N(Cc3ccncc3)C2c2cccnc2)c1. The molecule has 0 bridgehead atoms. The van der Waals surface area contributed by atoms with E-state index in [1.54, 1.807) is 73.3 Å². The van der Waals surface area contributed by atoms with Crippen molar-refractivity contribution in [3.63, 3.8) is 0 Å². The fourth-order valence-corrected chi connectivity index (χ4v) is 3.72. The molecule has 3 aromatic rings. The van der Waals surface area contributed by atoms with Crippen LogP contribution in [0.4, 0.5) is 0 Å². The minimum absolute atomic E-state index is 0.0321. The van der Waals surface area contributed by atoms with Gasteiger partial charge in [0.05, 0.1) is 18.2 Å². The van der Waals surface area contributed by atoms with Crippen molar-refractivity contribution >= 4 is 17.4 Å². The fraction of sp³-hybridized carbons (Fsp3) is 0.200. The van der Waals surface area contributed by atoms with Crippen LogP contribution in [0.25, 0.3) is 5.76 Å². The molecule has 32 heavy (non-hydrogen) atoms. The van der Waals surface area contributed by atoms with Crippen LogP contribution in [-0.2, 0) is 16.1 Å². The Morgan fingerprint density at radius 2 is 1.88 bits per heavy atom. The van der Waals surface area contributed by atoms with Gasteiger partial charge in [0.1, 0.15) is 11.5 Å². The van der Waals surface area contributed by atoms with Crippen LogP contribution in [0.1, 0.15) is 36.1 Å². The Kier molecular flexibility index (Phi) is 6.26. The smallest absolute Gasteiger partial charge is 0.295 e. The maximum Gasteiger partial charge on any atom is 0.295 e. The predicted molar refractivity (Wildman–Crippen MR) is 119 cm³/mol. The van der Waals surface area contributed by atoms with Crippen molar-refractivity contribution in [1.29, 1.82) is 0 Å². The molecule has 1 N–H and O–H groups in total. The summed E-state index contributed by atoms with van der Waals surface area (Å²) in [4.78, 5) is 35.7. The maximum atomic E-state index is 13.1. The number of amides is 1. The molecule has 1 unspecified atom stereocenters. The molecule has 1 saturated heterocycles.